The molecule has 3 aromatic heterocycles. The predicted octanol–water partition coefficient (Wildman–Crippen LogP) is 12.8. The Kier molecular flexibility index (Phi) is 7.73. The van der Waals surface area contributed by atoms with Crippen LogP contribution in [0.15, 0.2) is 212 Å². The van der Waals surface area contributed by atoms with Crippen molar-refractivity contribution in [2.75, 3.05) is 0 Å². The molecule has 0 unspecified atom stereocenters. The summed E-state index contributed by atoms with van der Waals surface area (Å²) in [5.41, 5.74) is 8.12. The molecule has 0 aliphatic carbocycles. The lowest BCUT2D eigenvalue weighted by atomic mass is 10.0. The van der Waals surface area contributed by atoms with E-state index in [2.05, 4.69) is 47.0 Å². The van der Waals surface area contributed by atoms with Gasteiger partial charge in [0, 0.05) is 44.2 Å². The van der Waals surface area contributed by atoms with Crippen LogP contribution < -0.4 is 0 Å². The second-order valence-electron chi connectivity index (χ2n) is 14.4. The lowest BCUT2D eigenvalue weighted by molar-refractivity contribution is 1.06. The summed E-state index contributed by atoms with van der Waals surface area (Å²) in [7, 11) is 0. The SMILES string of the molecule is [2H]c1c([2H])c([2H])c(-c2nc(-c3ccccc3)nc(-c3cc(-c4nc(-c5ccccc5)nc(-c5ccccc5)n4)ccc3-n3c4ccccc4c4cc(-c5ccccc5)ccc43)n2)c([2H])c1[2H]. The summed E-state index contributed by atoms with van der Waals surface area (Å²) < 4.78 is 45.6. The fraction of sp³-hybridized carbons (Fsp3) is 0. The minimum Gasteiger partial charge on any atom is -0.309 e. The van der Waals surface area contributed by atoms with Gasteiger partial charge in [-0.1, -0.05) is 176 Å². The van der Waals surface area contributed by atoms with Gasteiger partial charge in [-0.15, -0.1) is 0 Å². The Labute approximate surface area is 359 Å². The highest BCUT2D eigenvalue weighted by molar-refractivity contribution is 6.11. The summed E-state index contributed by atoms with van der Waals surface area (Å²) in [6.45, 7) is 0. The molecule has 11 aromatic rings. The van der Waals surface area contributed by atoms with Gasteiger partial charge in [0.05, 0.1) is 23.6 Å². The summed E-state index contributed by atoms with van der Waals surface area (Å²) in [6, 6.07) is 57.4. The number of hydrogen-bond acceptors (Lipinski definition) is 6. The maximum absolute atomic E-state index is 8.97. The van der Waals surface area contributed by atoms with Crippen molar-refractivity contribution in [3.63, 3.8) is 0 Å². The molecular formula is C54H35N7. The van der Waals surface area contributed by atoms with E-state index in [1.807, 2.05) is 140 Å². The van der Waals surface area contributed by atoms with E-state index in [0.717, 1.165) is 49.7 Å². The molecule has 0 spiro atoms. The van der Waals surface area contributed by atoms with E-state index in [9.17, 15) is 0 Å². The molecule has 11 rings (SSSR count). The molecule has 7 heteroatoms. The van der Waals surface area contributed by atoms with Crippen molar-refractivity contribution < 1.29 is 6.85 Å². The van der Waals surface area contributed by atoms with Crippen molar-refractivity contribution in [2.45, 2.75) is 0 Å². The summed E-state index contributed by atoms with van der Waals surface area (Å²) in [5, 5.41) is 2.08. The summed E-state index contributed by atoms with van der Waals surface area (Å²) >= 11 is 0. The van der Waals surface area contributed by atoms with Gasteiger partial charge >= 0.3 is 0 Å². The van der Waals surface area contributed by atoms with Crippen molar-refractivity contribution in [1.29, 1.82) is 0 Å². The van der Waals surface area contributed by atoms with Gasteiger partial charge in [-0.25, -0.2) is 29.9 Å². The van der Waals surface area contributed by atoms with E-state index in [1.165, 1.54) is 0 Å². The van der Waals surface area contributed by atoms with E-state index in [-0.39, 0.29) is 23.0 Å². The Morgan fingerprint density at radius 2 is 0.754 bits per heavy atom. The average molecular weight is 787 g/mol. The van der Waals surface area contributed by atoms with Crippen molar-refractivity contribution in [2.24, 2.45) is 0 Å². The minimum atomic E-state index is -0.509. The van der Waals surface area contributed by atoms with Crippen molar-refractivity contribution in [1.82, 2.24) is 34.5 Å². The number of nitrogens with zero attached hydrogens (tertiary/aromatic N) is 7. The zero-order chi connectivity index (χ0) is 44.9. The molecule has 0 amide bonds. The molecule has 0 N–H and O–H groups in total. The molecule has 61 heavy (non-hydrogen) atoms. The van der Waals surface area contributed by atoms with E-state index in [4.69, 9.17) is 36.8 Å². The van der Waals surface area contributed by atoms with Crippen molar-refractivity contribution in [3.05, 3.63) is 212 Å². The summed E-state index contributed by atoms with van der Waals surface area (Å²) in [4.78, 5) is 30.0. The third-order valence-electron chi connectivity index (χ3n) is 10.6. The molecular weight excluding hydrogens is 747 g/mol. The Bertz CT molecular complexity index is 3560. The number of fused-ring (bicyclic) bond motifs is 3. The van der Waals surface area contributed by atoms with Crippen LogP contribution in [-0.2, 0) is 0 Å². The van der Waals surface area contributed by atoms with Gasteiger partial charge in [0.2, 0.25) is 0 Å². The van der Waals surface area contributed by atoms with E-state index in [0.29, 0.717) is 34.2 Å². The predicted molar refractivity (Wildman–Crippen MR) is 246 cm³/mol. The molecule has 7 nitrogen and oxygen atoms in total. The Balaban J connectivity index is 1.22. The fourth-order valence-corrected chi connectivity index (χ4v) is 7.72. The normalized spacial score (nSPS) is 12.4. The van der Waals surface area contributed by atoms with Crippen LogP contribution in [-0.4, -0.2) is 34.5 Å². The van der Waals surface area contributed by atoms with Gasteiger partial charge < -0.3 is 4.57 Å². The molecule has 0 bridgehead atoms. The number of aromatic nitrogens is 7. The van der Waals surface area contributed by atoms with Crippen molar-refractivity contribution in [3.8, 4) is 85.1 Å². The largest absolute Gasteiger partial charge is 0.309 e. The number of benzene rings is 8. The molecule has 3 heterocycles. The van der Waals surface area contributed by atoms with Gasteiger partial charge in [0.25, 0.3) is 0 Å². The molecule has 0 saturated heterocycles. The van der Waals surface area contributed by atoms with Crippen LogP contribution in [0.25, 0.3) is 107 Å². The molecule has 286 valence electrons. The topological polar surface area (TPSA) is 82.3 Å². The molecule has 0 aliphatic heterocycles. The van der Waals surface area contributed by atoms with Gasteiger partial charge in [0.1, 0.15) is 0 Å². The van der Waals surface area contributed by atoms with Gasteiger partial charge in [0.15, 0.2) is 34.9 Å². The van der Waals surface area contributed by atoms with E-state index >= 15 is 0 Å². The zero-order valence-corrected chi connectivity index (χ0v) is 32.5. The molecule has 8 aromatic carbocycles. The fourth-order valence-electron chi connectivity index (χ4n) is 7.72. The van der Waals surface area contributed by atoms with Crippen LogP contribution in [0.3, 0.4) is 0 Å². The van der Waals surface area contributed by atoms with E-state index in [1.54, 1.807) is 0 Å². The van der Waals surface area contributed by atoms with Crippen LogP contribution in [0.4, 0.5) is 0 Å². The first-order chi connectivity index (χ1) is 32.3. The van der Waals surface area contributed by atoms with Crippen LogP contribution in [0.5, 0.6) is 0 Å². The molecule has 0 aliphatic rings. The Morgan fingerprint density at radius 3 is 1.33 bits per heavy atom. The van der Waals surface area contributed by atoms with Gasteiger partial charge in [-0.3, -0.25) is 0 Å². The average Bonchev–Trinajstić information content (AvgIpc) is 3.71. The first-order valence-electron chi connectivity index (χ1n) is 22.3. The van der Waals surface area contributed by atoms with Gasteiger partial charge in [-0.2, -0.15) is 0 Å². The maximum Gasteiger partial charge on any atom is 0.166 e. The summed E-state index contributed by atoms with van der Waals surface area (Å²) in [6.07, 6.45) is 0. The lowest BCUT2D eigenvalue weighted by Gasteiger charge is -2.16. The molecule has 0 fully saturated rings. The zero-order valence-electron chi connectivity index (χ0n) is 37.5. The third kappa shape index (κ3) is 6.80. The van der Waals surface area contributed by atoms with Crippen molar-refractivity contribution >= 4 is 21.8 Å². The highest BCUT2D eigenvalue weighted by atomic mass is 15.1. The van der Waals surface area contributed by atoms with E-state index < -0.39 is 30.2 Å². The van der Waals surface area contributed by atoms with Crippen LogP contribution in [0.1, 0.15) is 6.85 Å². The van der Waals surface area contributed by atoms with Crippen LogP contribution in [0.2, 0.25) is 0 Å². The quantitative estimate of drug-likeness (QED) is 0.153. The lowest BCUT2D eigenvalue weighted by Crippen LogP contribution is -2.05. The smallest absolute Gasteiger partial charge is 0.166 e. The monoisotopic (exact) mass is 786 g/mol. The first kappa shape index (κ1) is 30.6. The molecule has 0 atom stereocenters. The number of para-hydroxylation sites is 1. The minimum absolute atomic E-state index is 0.0696. The maximum atomic E-state index is 8.97. The Hall–Kier alpha value is -8.42. The highest BCUT2D eigenvalue weighted by Gasteiger charge is 2.22. The second-order valence-corrected chi connectivity index (χ2v) is 14.4. The van der Waals surface area contributed by atoms with Crippen LogP contribution in [0, 0.1) is 0 Å². The number of hydrogen-bond donors (Lipinski definition) is 0. The van der Waals surface area contributed by atoms with Crippen LogP contribution >= 0.6 is 0 Å². The summed E-state index contributed by atoms with van der Waals surface area (Å²) in [5.74, 6) is 1.79. The number of rotatable bonds is 8. The first-order valence-corrected chi connectivity index (χ1v) is 19.8. The van der Waals surface area contributed by atoms with Gasteiger partial charge in [-0.05, 0) is 47.5 Å². The molecule has 0 saturated carbocycles. The second kappa shape index (κ2) is 15.4. The highest BCUT2D eigenvalue weighted by Crippen LogP contribution is 2.39. The standard InChI is InChI=1S/C54H35N7/c1-6-18-36(19-7-1)41-30-32-47-44(34-41)43-28-16-17-29-46(43)61(47)48-33-31-42(53-57-49(37-20-8-2-9-21-37)55-50(58-53)38-22-10-3-11-23-38)35-45(48)54-59-51(39-24-12-4-13-25-39)56-52(60-54)40-26-14-5-15-27-40/h1-35H/i4D,12D,13D,24D,25D. The Morgan fingerprint density at radius 1 is 0.311 bits per heavy atom. The molecule has 0 radical (unpaired) electrons. The third-order valence-corrected chi connectivity index (χ3v) is 10.6.